The normalized spacial score (nSPS) is 14.2. The van der Waals surface area contributed by atoms with Crippen LogP contribution in [-0.4, -0.2) is 22.2 Å². The molecule has 2 aromatic carbocycles. The molecule has 0 aliphatic carbocycles. The molecule has 2 aromatic rings. The van der Waals surface area contributed by atoms with E-state index in [9.17, 15) is 10.2 Å². The minimum Gasteiger partial charge on any atom is -0.389 e. The maximum absolute atomic E-state index is 9.82. The van der Waals surface area contributed by atoms with Gasteiger partial charge in [-0.3, -0.25) is 0 Å². The molecule has 0 bridgehead atoms. The summed E-state index contributed by atoms with van der Waals surface area (Å²) in [6.45, 7) is 0. The van der Waals surface area contributed by atoms with Crippen molar-refractivity contribution in [1.29, 1.82) is 0 Å². The highest BCUT2D eigenvalue weighted by molar-refractivity contribution is 6.18. The summed E-state index contributed by atoms with van der Waals surface area (Å²) in [7, 11) is 0. The SMILES string of the molecule is OC(CCl)C(O)c1ccc(-c2ccccc2)cc1. The maximum atomic E-state index is 9.82. The van der Waals surface area contributed by atoms with Crippen LogP contribution in [0.3, 0.4) is 0 Å². The quantitative estimate of drug-likeness (QED) is 0.832. The smallest absolute Gasteiger partial charge is 0.106 e. The Morgan fingerprint density at radius 3 is 1.94 bits per heavy atom. The van der Waals surface area contributed by atoms with E-state index in [4.69, 9.17) is 11.6 Å². The van der Waals surface area contributed by atoms with Crippen molar-refractivity contribution in [2.45, 2.75) is 12.2 Å². The van der Waals surface area contributed by atoms with Gasteiger partial charge in [0.05, 0.1) is 12.0 Å². The van der Waals surface area contributed by atoms with Crippen molar-refractivity contribution in [2.24, 2.45) is 0 Å². The molecule has 2 N–H and O–H groups in total. The largest absolute Gasteiger partial charge is 0.389 e. The van der Waals surface area contributed by atoms with E-state index in [0.29, 0.717) is 5.56 Å². The number of rotatable bonds is 4. The number of aliphatic hydroxyl groups excluding tert-OH is 2. The molecule has 0 fully saturated rings. The van der Waals surface area contributed by atoms with Crippen LogP contribution in [0.1, 0.15) is 11.7 Å². The van der Waals surface area contributed by atoms with Gasteiger partial charge in [-0.05, 0) is 16.7 Å². The van der Waals surface area contributed by atoms with E-state index in [1.807, 2.05) is 54.6 Å². The van der Waals surface area contributed by atoms with Crippen molar-refractivity contribution < 1.29 is 10.2 Å². The Kier molecular flexibility index (Phi) is 4.37. The van der Waals surface area contributed by atoms with E-state index in [1.165, 1.54) is 0 Å². The van der Waals surface area contributed by atoms with Gasteiger partial charge in [0.2, 0.25) is 0 Å². The van der Waals surface area contributed by atoms with Crippen LogP contribution in [-0.2, 0) is 0 Å². The number of aliphatic hydroxyl groups is 2. The van der Waals surface area contributed by atoms with Gasteiger partial charge < -0.3 is 10.2 Å². The van der Waals surface area contributed by atoms with Gasteiger partial charge in [-0.2, -0.15) is 0 Å². The maximum Gasteiger partial charge on any atom is 0.106 e. The Morgan fingerprint density at radius 1 is 0.833 bits per heavy atom. The summed E-state index contributed by atoms with van der Waals surface area (Å²) in [5, 5.41) is 19.3. The van der Waals surface area contributed by atoms with Crippen molar-refractivity contribution in [2.75, 3.05) is 5.88 Å². The van der Waals surface area contributed by atoms with Gasteiger partial charge in [-0.1, -0.05) is 54.6 Å². The van der Waals surface area contributed by atoms with Crippen molar-refractivity contribution in [3.8, 4) is 11.1 Å². The highest BCUT2D eigenvalue weighted by atomic mass is 35.5. The third-order valence-electron chi connectivity index (χ3n) is 2.88. The van der Waals surface area contributed by atoms with E-state index >= 15 is 0 Å². The highest BCUT2D eigenvalue weighted by Crippen LogP contribution is 2.23. The number of alkyl halides is 1. The molecule has 0 radical (unpaired) electrons. The van der Waals surface area contributed by atoms with Crippen LogP contribution in [0.2, 0.25) is 0 Å². The summed E-state index contributed by atoms with van der Waals surface area (Å²) < 4.78 is 0. The van der Waals surface area contributed by atoms with Crippen LogP contribution < -0.4 is 0 Å². The van der Waals surface area contributed by atoms with Gasteiger partial charge in [0, 0.05) is 0 Å². The summed E-state index contributed by atoms with van der Waals surface area (Å²) in [4.78, 5) is 0. The number of hydrogen-bond donors (Lipinski definition) is 2. The summed E-state index contributed by atoms with van der Waals surface area (Å²) in [5.74, 6) is 0.0155. The second-order valence-electron chi connectivity index (χ2n) is 4.15. The molecular formula is C15H15ClO2. The lowest BCUT2D eigenvalue weighted by molar-refractivity contribution is 0.0327. The predicted octanol–water partition coefficient (Wildman–Crippen LogP) is 2.99. The van der Waals surface area contributed by atoms with Crippen LogP contribution in [0.15, 0.2) is 54.6 Å². The first-order chi connectivity index (χ1) is 8.72. The fourth-order valence-corrected chi connectivity index (χ4v) is 1.98. The third-order valence-corrected chi connectivity index (χ3v) is 3.20. The molecule has 0 amide bonds. The molecule has 18 heavy (non-hydrogen) atoms. The predicted molar refractivity (Wildman–Crippen MR) is 73.6 cm³/mol. The lowest BCUT2D eigenvalue weighted by Crippen LogP contribution is -2.19. The van der Waals surface area contributed by atoms with Gasteiger partial charge in [-0.25, -0.2) is 0 Å². The standard InChI is InChI=1S/C15H15ClO2/c16-10-14(17)15(18)13-8-6-12(7-9-13)11-4-2-1-3-5-11/h1-9,14-15,17-18H,10H2. The first-order valence-corrected chi connectivity index (χ1v) is 6.33. The van der Waals surface area contributed by atoms with Gasteiger partial charge >= 0.3 is 0 Å². The zero-order valence-electron chi connectivity index (χ0n) is 9.83. The lowest BCUT2D eigenvalue weighted by atomic mass is 10.0. The molecule has 0 aliphatic rings. The van der Waals surface area contributed by atoms with Crippen LogP contribution in [0.25, 0.3) is 11.1 Å². The van der Waals surface area contributed by atoms with E-state index in [0.717, 1.165) is 11.1 Å². The highest BCUT2D eigenvalue weighted by Gasteiger charge is 2.16. The van der Waals surface area contributed by atoms with E-state index < -0.39 is 12.2 Å². The molecule has 2 rings (SSSR count). The second-order valence-corrected chi connectivity index (χ2v) is 4.46. The second kappa shape index (κ2) is 6.01. The number of hydrogen-bond acceptors (Lipinski definition) is 2. The molecule has 2 nitrogen and oxygen atoms in total. The molecule has 0 spiro atoms. The van der Waals surface area contributed by atoms with E-state index in [1.54, 1.807) is 0 Å². The molecule has 3 heteroatoms. The fourth-order valence-electron chi connectivity index (χ4n) is 1.81. The minimum absolute atomic E-state index is 0.0155. The molecule has 0 aromatic heterocycles. The molecule has 0 aliphatic heterocycles. The van der Waals surface area contributed by atoms with Crippen molar-refractivity contribution in [3.05, 3.63) is 60.2 Å². The molecule has 0 saturated heterocycles. The number of halogens is 1. The Bertz CT molecular complexity index is 482. The van der Waals surface area contributed by atoms with Crippen LogP contribution in [0, 0.1) is 0 Å². The zero-order valence-corrected chi connectivity index (χ0v) is 10.6. The first-order valence-electron chi connectivity index (χ1n) is 5.80. The van der Waals surface area contributed by atoms with Crippen LogP contribution in [0.5, 0.6) is 0 Å². The van der Waals surface area contributed by atoms with Crippen molar-refractivity contribution in [3.63, 3.8) is 0 Å². The van der Waals surface area contributed by atoms with E-state index in [2.05, 4.69) is 0 Å². The molecule has 2 unspecified atom stereocenters. The first kappa shape index (κ1) is 13.1. The Balaban J connectivity index is 2.20. The Hall–Kier alpha value is -1.35. The molecule has 94 valence electrons. The molecular weight excluding hydrogens is 248 g/mol. The lowest BCUT2D eigenvalue weighted by Gasteiger charge is -2.16. The van der Waals surface area contributed by atoms with Crippen LogP contribution in [0.4, 0.5) is 0 Å². The summed E-state index contributed by atoms with van der Waals surface area (Å²) >= 11 is 5.51. The van der Waals surface area contributed by atoms with Crippen LogP contribution >= 0.6 is 11.6 Å². The summed E-state index contributed by atoms with van der Waals surface area (Å²) in [6, 6.07) is 17.5. The topological polar surface area (TPSA) is 40.5 Å². The van der Waals surface area contributed by atoms with Crippen molar-refractivity contribution in [1.82, 2.24) is 0 Å². The van der Waals surface area contributed by atoms with E-state index in [-0.39, 0.29) is 5.88 Å². The Labute approximate surface area is 111 Å². The van der Waals surface area contributed by atoms with Gasteiger partial charge in [0.1, 0.15) is 6.10 Å². The van der Waals surface area contributed by atoms with Gasteiger partial charge in [-0.15, -0.1) is 11.6 Å². The average Bonchev–Trinajstić information content (AvgIpc) is 2.47. The third kappa shape index (κ3) is 2.91. The molecule has 2 atom stereocenters. The van der Waals surface area contributed by atoms with Gasteiger partial charge in [0.15, 0.2) is 0 Å². The summed E-state index contributed by atoms with van der Waals surface area (Å²) in [5.41, 5.74) is 2.87. The minimum atomic E-state index is -0.938. The monoisotopic (exact) mass is 262 g/mol. The van der Waals surface area contributed by atoms with Crippen molar-refractivity contribution >= 4 is 11.6 Å². The average molecular weight is 263 g/mol. The number of benzene rings is 2. The fraction of sp³-hybridized carbons (Fsp3) is 0.200. The molecule has 0 heterocycles. The zero-order chi connectivity index (χ0) is 13.0. The summed E-state index contributed by atoms with van der Waals surface area (Å²) in [6.07, 6.45) is -1.87. The van der Waals surface area contributed by atoms with Gasteiger partial charge in [0.25, 0.3) is 0 Å². The molecule has 0 saturated carbocycles. The Morgan fingerprint density at radius 2 is 1.39 bits per heavy atom.